The Morgan fingerprint density at radius 2 is 1.76 bits per heavy atom. The molecule has 0 radical (unpaired) electrons. The fraction of sp³-hybridized carbons (Fsp3) is 0.160. The molecule has 1 amide bonds. The number of fused-ring (bicyclic) bond motifs is 2. The first-order valence-corrected chi connectivity index (χ1v) is 12.1. The van der Waals surface area contributed by atoms with E-state index in [0.717, 1.165) is 17.4 Å². The van der Waals surface area contributed by atoms with Gasteiger partial charge < -0.3 is 14.6 Å². The highest BCUT2D eigenvalue weighted by atomic mass is 32.2. The first kappa shape index (κ1) is 21.1. The minimum absolute atomic E-state index is 0.107. The van der Waals surface area contributed by atoms with E-state index in [2.05, 4.69) is 15.8 Å². The summed E-state index contributed by atoms with van der Waals surface area (Å²) in [5.41, 5.74) is 3.80. The first-order valence-electron chi connectivity index (χ1n) is 10.6. The molecule has 0 spiro atoms. The SMILES string of the molecule is COc1ccc(S(=O)(=O)Nc2cccc3cc(C(=O)N4CCc5ccccc5C4)[nH]c23)cc1. The van der Waals surface area contributed by atoms with Crippen molar-refractivity contribution in [3.63, 3.8) is 0 Å². The molecule has 0 atom stereocenters. The van der Waals surface area contributed by atoms with Crippen LogP contribution in [0.2, 0.25) is 0 Å². The summed E-state index contributed by atoms with van der Waals surface area (Å²) in [7, 11) is -2.29. The molecule has 0 saturated carbocycles. The van der Waals surface area contributed by atoms with Crippen molar-refractivity contribution in [1.29, 1.82) is 0 Å². The van der Waals surface area contributed by atoms with Crippen LogP contribution in [0.3, 0.4) is 0 Å². The van der Waals surface area contributed by atoms with Crippen LogP contribution < -0.4 is 9.46 Å². The number of aromatic nitrogens is 1. The van der Waals surface area contributed by atoms with Crippen LogP contribution in [0.1, 0.15) is 21.6 Å². The van der Waals surface area contributed by atoms with Gasteiger partial charge in [-0.25, -0.2) is 8.42 Å². The molecule has 168 valence electrons. The molecule has 0 unspecified atom stereocenters. The highest BCUT2D eigenvalue weighted by molar-refractivity contribution is 7.92. The standard InChI is InChI=1S/C25H23N3O4S/c1-32-20-9-11-21(12-10-20)33(30,31)27-22-8-4-7-18-15-23(26-24(18)22)25(29)28-14-13-17-5-2-3-6-19(17)16-28/h2-12,15,26-27H,13-14,16H2,1H3. The van der Waals surface area contributed by atoms with Crippen molar-refractivity contribution in [2.24, 2.45) is 0 Å². The molecule has 4 aromatic rings. The third-order valence-corrected chi connectivity index (χ3v) is 7.30. The van der Waals surface area contributed by atoms with Crippen molar-refractivity contribution in [3.05, 3.63) is 89.6 Å². The van der Waals surface area contributed by atoms with Gasteiger partial charge in [-0.3, -0.25) is 9.52 Å². The number of anilines is 1. The lowest BCUT2D eigenvalue weighted by atomic mass is 10.00. The number of rotatable bonds is 5. The van der Waals surface area contributed by atoms with Crippen molar-refractivity contribution in [1.82, 2.24) is 9.88 Å². The topological polar surface area (TPSA) is 91.5 Å². The third-order valence-electron chi connectivity index (χ3n) is 5.92. The fourth-order valence-corrected chi connectivity index (χ4v) is 5.23. The second-order valence-corrected chi connectivity index (χ2v) is 9.66. The number of hydrogen-bond acceptors (Lipinski definition) is 4. The van der Waals surface area contributed by atoms with E-state index in [0.29, 0.717) is 35.7 Å². The van der Waals surface area contributed by atoms with Gasteiger partial charge in [0.05, 0.1) is 23.2 Å². The molecular weight excluding hydrogens is 438 g/mol. The zero-order valence-corrected chi connectivity index (χ0v) is 18.9. The Bertz CT molecular complexity index is 1440. The average Bonchev–Trinajstić information content (AvgIpc) is 3.28. The lowest BCUT2D eigenvalue weighted by Crippen LogP contribution is -2.36. The van der Waals surface area contributed by atoms with Gasteiger partial charge in [-0.15, -0.1) is 0 Å². The van der Waals surface area contributed by atoms with E-state index >= 15 is 0 Å². The zero-order valence-electron chi connectivity index (χ0n) is 18.0. The monoisotopic (exact) mass is 461 g/mol. The van der Waals surface area contributed by atoms with Crippen LogP contribution in [0.4, 0.5) is 5.69 Å². The maximum Gasteiger partial charge on any atom is 0.270 e. The number of nitrogens with zero attached hydrogens (tertiary/aromatic N) is 1. The summed E-state index contributed by atoms with van der Waals surface area (Å²) in [4.78, 5) is 18.3. The van der Waals surface area contributed by atoms with E-state index in [4.69, 9.17) is 4.74 Å². The molecule has 7 nitrogen and oxygen atoms in total. The molecule has 1 aliphatic rings. The molecule has 1 aromatic heterocycles. The molecule has 0 fully saturated rings. The number of methoxy groups -OCH3 is 1. The van der Waals surface area contributed by atoms with E-state index in [-0.39, 0.29) is 10.8 Å². The predicted molar refractivity (Wildman–Crippen MR) is 127 cm³/mol. The summed E-state index contributed by atoms with van der Waals surface area (Å²) in [6.45, 7) is 1.20. The molecule has 1 aliphatic heterocycles. The number of nitrogens with one attached hydrogen (secondary N) is 2. The highest BCUT2D eigenvalue weighted by Gasteiger charge is 2.24. The largest absolute Gasteiger partial charge is 0.497 e. The van der Waals surface area contributed by atoms with Gasteiger partial charge in [0.2, 0.25) is 0 Å². The summed E-state index contributed by atoms with van der Waals surface area (Å²) in [5, 5.41) is 0.755. The molecule has 0 bridgehead atoms. The molecule has 0 saturated heterocycles. The quantitative estimate of drug-likeness (QED) is 0.467. The molecule has 33 heavy (non-hydrogen) atoms. The summed E-state index contributed by atoms with van der Waals surface area (Å²) in [6.07, 6.45) is 0.815. The molecule has 2 heterocycles. The van der Waals surface area contributed by atoms with Crippen LogP contribution in [-0.4, -0.2) is 37.9 Å². The maximum atomic E-state index is 13.2. The van der Waals surface area contributed by atoms with Crippen molar-refractivity contribution in [2.75, 3.05) is 18.4 Å². The number of sulfonamides is 1. The summed E-state index contributed by atoms with van der Waals surface area (Å²) < 4.78 is 33.5. The number of H-pyrrole nitrogens is 1. The number of hydrogen-bond donors (Lipinski definition) is 2. The lowest BCUT2D eigenvalue weighted by molar-refractivity contribution is 0.0729. The van der Waals surface area contributed by atoms with E-state index in [1.807, 2.05) is 29.2 Å². The van der Waals surface area contributed by atoms with Crippen LogP contribution >= 0.6 is 0 Å². The Kier molecular flexibility index (Phi) is 5.30. The number of benzene rings is 3. The van der Waals surface area contributed by atoms with E-state index in [1.165, 1.54) is 24.8 Å². The highest BCUT2D eigenvalue weighted by Crippen LogP contribution is 2.28. The number of carbonyl (C=O) groups excluding carboxylic acids is 1. The van der Waals surface area contributed by atoms with Crippen molar-refractivity contribution < 1.29 is 17.9 Å². The predicted octanol–water partition coefficient (Wildman–Crippen LogP) is 4.18. The maximum absolute atomic E-state index is 13.2. The molecule has 5 rings (SSSR count). The van der Waals surface area contributed by atoms with Crippen molar-refractivity contribution in [2.45, 2.75) is 17.9 Å². The Balaban J connectivity index is 1.42. The Morgan fingerprint density at radius 1 is 1.00 bits per heavy atom. The van der Waals surface area contributed by atoms with Gasteiger partial charge in [-0.2, -0.15) is 0 Å². The number of carbonyl (C=O) groups is 1. The summed E-state index contributed by atoms with van der Waals surface area (Å²) in [6, 6.07) is 21.3. The fourth-order valence-electron chi connectivity index (χ4n) is 4.15. The second kappa shape index (κ2) is 8.29. The number of aromatic amines is 1. The molecule has 2 N–H and O–H groups in total. The van der Waals surface area contributed by atoms with Gasteiger partial charge in [0.25, 0.3) is 15.9 Å². The van der Waals surface area contributed by atoms with Crippen molar-refractivity contribution >= 4 is 32.5 Å². The van der Waals surface area contributed by atoms with Crippen LogP contribution in [0.5, 0.6) is 5.75 Å². The number of amides is 1. The second-order valence-electron chi connectivity index (χ2n) is 7.98. The zero-order chi connectivity index (χ0) is 23.0. The summed E-state index contributed by atoms with van der Waals surface area (Å²) in [5.74, 6) is 0.466. The van der Waals surface area contributed by atoms with Crippen LogP contribution in [0, 0.1) is 0 Å². The molecule has 3 aromatic carbocycles. The van der Waals surface area contributed by atoms with Gasteiger partial charge in [0.15, 0.2) is 0 Å². The molecular formula is C25H23N3O4S. The number of para-hydroxylation sites is 1. The van der Waals surface area contributed by atoms with E-state index in [9.17, 15) is 13.2 Å². The van der Waals surface area contributed by atoms with Crippen LogP contribution in [0.25, 0.3) is 10.9 Å². The smallest absolute Gasteiger partial charge is 0.270 e. The van der Waals surface area contributed by atoms with Gasteiger partial charge in [0, 0.05) is 18.5 Å². The summed E-state index contributed by atoms with van der Waals surface area (Å²) >= 11 is 0. The minimum atomic E-state index is -3.82. The number of ether oxygens (including phenoxy) is 1. The van der Waals surface area contributed by atoms with Crippen LogP contribution in [0.15, 0.2) is 77.7 Å². The van der Waals surface area contributed by atoms with E-state index < -0.39 is 10.0 Å². The Morgan fingerprint density at radius 3 is 2.52 bits per heavy atom. The Labute approximate surface area is 192 Å². The third kappa shape index (κ3) is 4.05. The van der Waals surface area contributed by atoms with Gasteiger partial charge in [-0.1, -0.05) is 36.4 Å². The van der Waals surface area contributed by atoms with Gasteiger partial charge in [0.1, 0.15) is 11.4 Å². The minimum Gasteiger partial charge on any atom is -0.497 e. The van der Waals surface area contributed by atoms with E-state index in [1.54, 1.807) is 30.3 Å². The average molecular weight is 462 g/mol. The van der Waals surface area contributed by atoms with Gasteiger partial charge >= 0.3 is 0 Å². The first-order chi connectivity index (χ1) is 15.9. The van der Waals surface area contributed by atoms with Crippen molar-refractivity contribution in [3.8, 4) is 5.75 Å². The van der Waals surface area contributed by atoms with Gasteiger partial charge in [-0.05, 0) is 53.9 Å². The Hall–Kier alpha value is -3.78. The molecule has 8 heteroatoms. The lowest BCUT2D eigenvalue weighted by Gasteiger charge is -2.28. The van der Waals surface area contributed by atoms with Crippen LogP contribution in [-0.2, 0) is 23.0 Å². The normalized spacial score (nSPS) is 13.5. The molecule has 0 aliphatic carbocycles.